The van der Waals surface area contributed by atoms with E-state index in [4.69, 9.17) is 33.7 Å². The van der Waals surface area contributed by atoms with Crippen LogP contribution in [0.3, 0.4) is 0 Å². The third-order valence-corrected chi connectivity index (χ3v) is 7.66. The van der Waals surface area contributed by atoms with Gasteiger partial charge in [-0.2, -0.15) is 0 Å². The fourth-order valence-electron chi connectivity index (χ4n) is 5.41. The lowest BCUT2D eigenvalue weighted by molar-refractivity contribution is 0.198. The first-order valence-electron chi connectivity index (χ1n) is 12.6. The maximum atomic E-state index is 12.5. The minimum atomic E-state index is -0.266. The molecule has 0 unspecified atom stereocenters. The molecule has 0 bridgehead atoms. The topological polar surface area (TPSA) is 38.5 Å². The summed E-state index contributed by atoms with van der Waals surface area (Å²) in [4.78, 5) is 2.28. The third kappa shape index (κ3) is 5.56. The van der Waals surface area contributed by atoms with Gasteiger partial charge in [-0.25, -0.2) is 0 Å². The summed E-state index contributed by atoms with van der Waals surface area (Å²) in [7, 11) is 0. The third-order valence-electron chi connectivity index (χ3n) is 7.11. The molecule has 1 aliphatic heterocycles. The first-order valence-corrected chi connectivity index (χ1v) is 13.4. The van der Waals surface area contributed by atoms with Gasteiger partial charge in [0.25, 0.3) is 0 Å². The van der Waals surface area contributed by atoms with E-state index in [1.54, 1.807) is 0 Å². The number of anilines is 1. The summed E-state index contributed by atoms with van der Waals surface area (Å²) >= 11 is 12.9. The van der Waals surface area contributed by atoms with Gasteiger partial charge in [-0.1, -0.05) is 47.5 Å². The summed E-state index contributed by atoms with van der Waals surface area (Å²) in [5, 5.41) is 1.29. The number of aryl methyl sites for hydroxylation is 1. The van der Waals surface area contributed by atoms with Crippen LogP contribution in [0.5, 0.6) is 5.75 Å². The van der Waals surface area contributed by atoms with Gasteiger partial charge >= 0.3 is 0 Å². The zero-order valence-corrected chi connectivity index (χ0v) is 21.8. The molecule has 1 fully saturated rings. The number of hydrogen-bond donors (Lipinski definition) is 1. The Morgan fingerprint density at radius 3 is 2.56 bits per heavy atom. The van der Waals surface area contributed by atoms with Gasteiger partial charge in [0.05, 0.1) is 6.67 Å². The number of alkyl halides is 1. The molecular weight excluding hydrogens is 494 g/mol. The summed E-state index contributed by atoms with van der Waals surface area (Å²) in [6.45, 7) is 2.34. The Kier molecular flexibility index (Phi) is 7.85. The normalized spacial score (nSPS) is 18.2. The number of halogens is 3. The first-order chi connectivity index (χ1) is 17.5. The molecule has 0 aromatic heterocycles. The lowest BCUT2D eigenvalue weighted by Crippen LogP contribution is -2.26. The van der Waals surface area contributed by atoms with Gasteiger partial charge in [-0.05, 0) is 102 Å². The average molecular weight is 525 g/mol. The zero-order valence-electron chi connectivity index (χ0n) is 20.3. The molecule has 3 aromatic rings. The largest absolute Gasteiger partial charge is 0.489 e. The predicted molar refractivity (Wildman–Crippen MR) is 149 cm³/mol. The molecule has 3 aromatic carbocycles. The van der Waals surface area contributed by atoms with Crippen LogP contribution >= 0.6 is 23.2 Å². The number of hydrogen-bond acceptors (Lipinski definition) is 3. The highest BCUT2D eigenvalue weighted by molar-refractivity contribution is 6.36. The monoisotopic (exact) mass is 524 g/mol. The van der Waals surface area contributed by atoms with Crippen LogP contribution in [-0.2, 0) is 6.42 Å². The number of nitrogens with two attached hydrogens (primary N) is 1. The standard InChI is InChI=1S/C30H31Cl2FN2O/c31-22-7-11-27(29(32)18-22)28-4-1-3-21-17-23(34)8-12-26(21)30(28)20-5-9-24(10-6-20)36-25-13-16-35(19-25)15-2-14-33/h5-12,17-18,25H,1-4,13-16,19,34H2/t25-/m0/s1. The predicted octanol–water partition coefficient (Wildman–Crippen LogP) is 7.68. The minimum Gasteiger partial charge on any atom is -0.489 e. The Bertz CT molecular complexity index is 1260. The van der Waals surface area contributed by atoms with Crippen LogP contribution in [-0.4, -0.2) is 37.3 Å². The van der Waals surface area contributed by atoms with Crippen molar-refractivity contribution in [2.24, 2.45) is 0 Å². The van der Waals surface area contributed by atoms with Crippen LogP contribution in [0.4, 0.5) is 10.1 Å². The fraction of sp³-hybridized carbons (Fsp3) is 0.333. The summed E-state index contributed by atoms with van der Waals surface area (Å²) in [6, 6.07) is 20.3. The van der Waals surface area contributed by atoms with Crippen molar-refractivity contribution in [1.29, 1.82) is 0 Å². The molecule has 0 amide bonds. The molecule has 1 atom stereocenters. The maximum absolute atomic E-state index is 12.5. The van der Waals surface area contributed by atoms with Gasteiger partial charge in [0.1, 0.15) is 11.9 Å². The Balaban J connectivity index is 1.49. The highest BCUT2D eigenvalue weighted by Crippen LogP contribution is 2.42. The number of nitrogens with zero attached hydrogens (tertiary/aromatic N) is 1. The second-order valence-electron chi connectivity index (χ2n) is 9.64. The SMILES string of the molecule is Nc1ccc2c(c1)CCCC(c1ccc(Cl)cc1Cl)=C2c1ccc(O[C@H]2CCN(CCCF)C2)cc1. The van der Waals surface area contributed by atoms with Gasteiger partial charge < -0.3 is 10.5 Å². The molecule has 0 saturated carbocycles. The van der Waals surface area contributed by atoms with Gasteiger partial charge in [0.2, 0.25) is 0 Å². The van der Waals surface area contributed by atoms with Gasteiger partial charge in [-0.15, -0.1) is 0 Å². The van der Waals surface area contributed by atoms with E-state index >= 15 is 0 Å². The Hall–Kier alpha value is -2.53. The van der Waals surface area contributed by atoms with Crippen LogP contribution in [0.15, 0.2) is 60.7 Å². The molecule has 2 N–H and O–H groups in total. The highest BCUT2D eigenvalue weighted by atomic mass is 35.5. The first kappa shape index (κ1) is 25.1. The molecule has 0 spiro atoms. The van der Waals surface area contributed by atoms with E-state index in [1.807, 2.05) is 24.3 Å². The smallest absolute Gasteiger partial charge is 0.119 e. The molecule has 1 heterocycles. The summed E-state index contributed by atoms with van der Waals surface area (Å²) in [5.74, 6) is 0.855. The van der Waals surface area contributed by atoms with Gasteiger partial charge in [0, 0.05) is 35.4 Å². The fourth-order valence-corrected chi connectivity index (χ4v) is 5.94. The highest BCUT2D eigenvalue weighted by Gasteiger charge is 2.24. The van der Waals surface area contributed by atoms with E-state index in [9.17, 15) is 4.39 Å². The van der Waals surface area contributed by atoms with Crippen molar-refractivity contribution in [3.63, 3.8) is 0 Å². The van der Waals surface area contributed by atoms with Crippen LogP contribution in [0.1, 0.15) is 47.9 Å². The number of rotatable bonds is 7. The van der Waals surface area contributed by atoms with Crippen LogP contribution < -0.4 is 10.5 Å². The van der Waals surface area contributed by atoms with Crippen molar-refractivity contribution in [3.05, 3.63) is 93.0 Å². The van der Waals surface area contributed by atoms with Gasteiger partial charge in [-0.3, -0.25) is 9.29 Å². The van der Waals surface area contributed by atoms with Crippen molar-refractivity contribution in [2.75, 3.05) is 32.0 Å². The molecule has 0 radical (unpaired) electrons. The van der Waals surface area contributed by atoms with Crippen molar-refractivity contribution in [1.82, 2.24) is 4.90 Å². The van der Waals surface area contributed by atoms with Crippen molar-refractivity contribution in [2.45, 2.75) is 38.2 Å². The van der Waals surface area contributed by atoms with E-state index in [-0.39, 0.29) is 12.8 Å². The number of benzene rings is 3. The number of likely N-dealkylation sites (tertiary alicyclic amines) is 1. The second-order valence-corrected chi connectivity index (χ2v) is 10.5. The molecule has 6 heteroatoms. The summed E-state index contributed by atoms with van der Waals surface area (Å²) in [6.07, 6.45) is 4.56. The number of allylic oxidation sites excluding steroid dienone is 1. The minimum absolute atomic E-state index is 0.139. The molecule has 188 valence electrons. The van der Waals surface area contributed by atoms with E-state index in [1.165, 1.54) is 22.3 Å². The Morgan fingerprint density at radius 2 is 1.78 bits per heavy atom. The molecule has 1 aliphatic carbocycles. The number of nitrogen functional groups attached to an aromatic ring is 1. The summed E-state index contributed by atoms with van der Waals surface area (Å²) < 4.78 is 18.8. The Morgan fingerprint density at radius 1 is 0.972 bits per heavy atom. The van der Waals surface area contributed by atoms with E-state index in [0.717, 1.165) is 67.9 Å². The van der Waals surface area contributed by atoms with Crippen molar-refractivity contribution >= 4 is 40.0 Å². The molecule has 5 rings (SSSR count). The van der Waals surface area contributed by atoms with E-state index in [0.29, 0.717) is 16.5 Å². The van der Waals surface area contributed by atoms with Crippen molar-refractivity contribution < 1.29 is 9.13 Å². The van der Waals surface area contributed by atoms with Gasteiger partial charge in [0.15, 0.2) is 0 Å². The molecular formula is C30H31Cl2FN2O. The molecule has 3 nitrogen and oxygen atoms in total. The van der Waals surface area contributed by atoms with E-state index < -0.39 is 0 Å². The van der Waals surface area contributed by atoms with Crippen LogP contribution in [0, 0.1) is 0 Å². The molecule has 36 heavy (non-hydrogen) atoms. The lowest BCUT2D eigenvalue weighted by atomic mass is 9.87. The average Bonchev–Trinajstić information content (AvgIpc) is 3.22. The summed E-state index contributed by atoms with van der Waals surface area (Å²) in [5.41, 5.74) is 13.9. The van der Waals surface area contributed by atoms with Crippen molar-refractivity contribution in [3.8, 4) is 5.75 Å². The van der Waals surface area contributed by atoms with Crippen LogP contribution in [0.25, 0.3) is 11.1 Å². The lowest BCUT2D eigenvalue weighted by Gasteiger charge is -2.19. The zero-order chi connectivity index (χ0) is 25.1. The second kappa shape index (κ2) is 11.2. The quantitative estimate of drug-likeness (QED) is 0.322. The van der Waals surface area contributed by atoms with Crippen LogP contribution in [0.2, 0.25) is 10.0 Å². The number of ether oxygens (including phenoxy) is 1. The Labute approximate surface area is 222 Å². The molecule has 2 aliphatic rings. The maximum Gasteiger partial charge on any atom is 0.119 e. The molecule has 1 saturated heterocycles. The number of fused-ring (bicyclic) bond motifs is 1. The van der Waals surface area contributed by atoms with E-state index in [2.05, 4.69) is 41.3 Å².